The maximum absolute atomic E-state index is 5.55. The van der Waals surface area contributed by atoms with Gasteiger partial charge in [0.2, 0.25) is 0 Å². The smallest absolute Gasteiger partial charge is 0.119 e. The number of quaternary nitrogens is 1. The van der Waals surface area contributed by atoms with E-state index in [4.69, 9.17) is 4.74 Å². The maximum atomic E-state index is 5.55. The fourth-order valence-electron chi connectivity index (χ4n) is 3.41. The van der Waals surface area contributed by atoms with Gasteiger partial charge in [0.25, 0.3) is 0 Å². The maximum Gasteiger partial charge on any atom is 0.119 e. The Labute approximate surface area is 156 Å². The first kappa shape index (κ1) is 18.3. The highest BCUT2D eigenvalue weighted by atomic mass is 16.5. The van der Waals surface area contributed by atoms with Crippen LogP contribution in [-0.4, -0.2) is 11.2 Å². The van der Waals surface area contributed by atoms with Crippen LogP contribution in [0.1, 0.15) is 35.0 Å². The number of hydrogen-bond acceptors (Lipinski definition) is 1. The second-order valence-corrected chi connectivity index (χ2v) is 6.84. The quantitative estimate of drug-likeness (QED) is 0.685. The third kappa shape index (κ3) is 4.17. The molecule has 1 aromatic heterocycles. The summed E-state index contributed by atoms with van der Waals surface area (Å²) in [6.45, 7) is 11.2. The van der Waals surface area contributed by atoms with E-state index in [9.17, 15) is 0 Å². The summed E-state index contributed by atoms with van der Waals surface area (Å²) in [7, 11) is 0. The normalized spacial score (nSPS) is 10.9. The van der Waals surface area contributed by atoms with E-state index in [-0.39, 0.29) is 0 Å². The number of ether oxygens (including phenoxy) is 1. The molecule has 0 unspecified atom stereocenters. The van der Waals surface area contributed by atoms with Crippen LogP contribution in [0.4, 0.5) is 0 Å². The number of benzene rings is 2. The molecule has 0 amide bonds. The lowest BCUT2D eigenvalue weighted by Gasteiger charge is -2.11. The lowest BCUT2D eigenvalue weighted by molar-refractivity contribution is -0.686. The van der Waals surface area contributed by atoms with Gasteiger partial charge in [0.05, 0.1) is 6.61 Å². The minimum Gasteiger partial charge on any atom is -0.494 e. The molecule has 0 atom stereocenters. The molecule has 0 aliphatic carbocycles. The summed E-state index contributed by atoms with van der Waals surface area (Å²) < 4.78 is 7.87. The van der Waals surface area contributed by atoms with Crippen LogP contribution in [0.25, 0.3) is 5.69 Å². The van der Waals surface area contributed by atoms with Gasteiger partial charge in [-0.05, 0) is 58.0 Å². The van der Waals surface area contributed by atoms with Crippen molar-refractivity contribution in [2.45, 2.75) is 40.8 Å². The molecular formula is C23H29N2O+. The Morgan fingerprint density at radius 2 is 1.58 bits per heavy atom. The van der Waals surface area contributed by atoms with E-state index >= 15 is 0 Å². The van der Waals surface area contributed by atoms with Crippen molar-refractivity contribution in [3.63, 3.8) is 0 Å². The molecule has 1 heterocycles. The van der Waals surface area contributed by atoms with Gasteiger partial charge in [-0.3, -0.25) is 0 Å². The summed E-state index contributed by atoms with van der Waals surface area (Å²) in [5, 5.41) is 2.37. The Morgan fingerprint density at radius 1 is 0.885 bits per heavy atom. The first-order valence-corrected chi connectivity index (χ1v) is 9.36. The van der Waals surface area contributed by atoms with Gasteiger partial charge >= 0.3 is 0 Å². The lowest BCUT2D eigenvalue weighted by Crippen LogP contribution is -2.80. The van der Waals surface area contributed by atoms with E-state index in [1.165, 1.54) is 33.8 Å². The minimum atomic E-state index is 0.696. The van der Waals surface area contributed by atoms with Crippen LogP contribution in [0.15, 0.2) is 54.6 Å². The van der Waals surface area contributed by atoms with Gasteiger partial charge in [-0.25, -0.2) is 0 Å². The van der Waals surface area contributed by atoms with Crippen molar-refractivity contribution in [3.05, 3.63) is 82.7 Å². The van der Waals surface area contributed by atoms with Crippen LogP contribution in [0.3, 0.4) is 0 Å². The monoisotopic (exact) mass is 349 g/mol. The average molecular weight is 349 g/mol. The van der Waals surface area contributed by atoms with Crippen molar-refractivity contribution < 1.29 is 10.1 Å². The second kappa shape index (κ2) is 8.24. The Hall–Kier alpha value is -2.52. The van der Waals surface area contributed by atoms with Gasteiger partial charge in [0.15, 0.2) is 0 Å². The Balaban J connectivity index is 1.70. The van der Waals surface area contributed by atoms with E-state index in [0.29, 0.717) is 6.61 Å². The molecule has 2 aromatic carbocycles. The number of rotatable bonds is 7. The highest BCUT2D eigenvalue weighted by Crippen LogP contribution is 2.22. The first-order valence-electron chi connectivity index (χ1n) is 9.36. The number of aromatic nitrogens is 1. The predicted octanol–water partition coefficient (Wildman–Crippen LogP) is 4.06. The fraction of sp³-hybridized carbons (Fsp3) is 0.304. The molecule has 0 aliphatic heterocycles. The third-order valence-corrected chi connectivity index (χ3v) is 4.81. The number of nitrogens with two attached hydrogens (primary N) is 1. The van der Waals surface area contributed by atoms with Gasteiger partial charge < -0.3 is 14.6 Å². The summed E-state index contributed by atoms with van der Waals surface area (Å²) in [5.41, 5.74) is 7.84. The molecule has 0 fully saturated rings. The molecule has 2 N–H and O–H groups in total. The first-order chi connectivity index (χ1) is 12.6. The van der Waals surface area contributed by atoms with Crippen LogP contribution in [-0.2, 0) is 13.1 Å². The van der Waals surface area contributed by atoms with E-state index in [1.54, 1.807) is 0 Å². The van der Waals surface area contributed by atoms with Gasteiger partial charge in [0, 0.05) is 28.2 Å². The van der Waals surface area contributed by atoms with Gasteiger partial charge in [0.1, 0.15) is 18.8 Å². The minimum absolute atomic E-state index is 0.696. The molecule has 0 saturated carbocycles. The molecule has 3 heteroatoms. The largest absolute Gasteiger partial charge is 0.494 e. The van der Waals surface area contributed by atoms with Gasteiger partial charge in [-0.1, -0.05) is 29.8 Å². The van der Waals surface area contributed by atoms with E-state index < -0.39 is 0 Å². The Bertz CT molecular complexity index is 845. The van der Waals surface area contributed by atoms with Crippen molar-refractivity contribution in [1.29, 1.82) is 0 Å². The molecule has 0 spiro atoms. The standard InChI is InChI=1S/C23H28N2O/c1-5-26-23-12-10-22(11-13-23)25-18(3)14-21(19(25)4)16-24-15-20-8-6-17(2)7-9-20/h6-14,24H,5,15-16H2,1-4H3/p+1. The van der Waals surface area contributed by atoms with Crippen molar-refractivity contribution in [1.82, 2.24) is 4.57 Å². The molecule has 0 bridgehead atoms. The number of nitrogens with zero attached hydrogens (tertiary/aromatic N) is 1. The van der Waals surface area contributed by atoms with Crippen LogP contribution >= 0.6 is 0 Å². The second-order valence-electron chi connectivity index (χ2n) is 6.84. The van der Waals surface area contributed by atoms with Gasteiger partial charge in [-0.15, -0.1) is 0 Å². The summed E-state index contributed by atoms with van der Waals surface area (Å²) in [6, 6.07) is 19.4. The Morgan fingerprint density at radius 3 is 2.23 bits per heavy atom. The van der Waals surface area contributed by atoms with Crippen molar-refractivity contribution >= 4 is 0 Å². The molecule has 3 rings (SSSR count). The highest BCUT2D eigenvalue weighted by Gasteiger charge is 2.12. The lowest BCUT2D eigenvalue weighted by atomic mass is 10.1. The summed E-state index contributed by atoms with van der Waals surface area (Å²) >= 11 is 0. The van der Waals surface area contributed by atoms with E-state index in [2.05, 4.69) is 73.1 Å². The number of hydrogen-bond donors (Lipinski definition) is 1. The zero-order chi connectivity index (χ0) is 18.5. The van der Waals surface area contributed by atoms with E-state index in [0.717, 1.165) is 18.8 Å². The van der Waals surface area contributed by atoms with Crippen molar-refractivity contribution in [3.8, 4) is 11.4 Å². The molecule has 0 radical (unpaired) electrons. The molecular weight excluding hydrogens is 320 g/mol. The fourth-order valence-corrected chi connectivity index (χ4v) is 3.41. The van der Waals surface area contributed by atoms with E-state index in [1.807, 2.05) is 19.1 Å². The van der Waals surface area contributed by atoms with Crippen LogP contribution in [0, 0.1) is 20.8 Å². The average Bonchev–Trinajstić information content (AvgIpc) is 2.92. The summed E-state index contributed by atoms with van der Waals surface area (Å²) in [5.74, 6) is 0.922. The van der Waals surface area contributed by atoms with Crippen LogP contribution < -0.4 is 10.1 Å². The molecule has 3 aromatic rings. The Kier molecular flexibility index (Phi) is 5.79. The van der Waals surface area contributed by atoms with Gasteiger partial charge in [-0.2, -0.15) is 0 Å². The predicted molar refractivity (Wildman–Crippen MR) is 107 cm³/mol. The van der Waals surface area contributed by atoms with Crippen molar-refractivity contribution in [2.75, 3.05) is 6.61 Å². The number of aryl methyl sites for hydroxylation is 2. The molecule has 136 valence electrons. The molecule has 0 aliphatic rings. The van der Waals surface area contributed by atoms with Crippen LogP contribution in [0.5, 0.6) is 5.75 Å². The molecule has 26 heavy (non-hydrogen) atoms. The topological polar surface area (TPSA) is 30.8 Å². The molecule has 0 saturated heterocycles. The zero-order valence-corrected chi connectivity index (χ0v) is 16.3. The highest BCUT2D eigenvalue weighted by molar-refractivity contribution is 5.43. The van der Waals surface area contributed by atoms with Crippen LogP contribution in [0.2, 0.25) is 0 Å². The molecule has 3 nitrogen and oxygen atoms in total. The van der Waals surface area contributed by atoms with Crippen molar-refractivity contribution in [2.24, 2.45) is 0 Å². The SMILES string of the molecule is CCOc1ccc(-n2c(C)cc(C[NH2+]Cc3ccc(C)cc3)c2C)cc1. The third-order valence-electron chi connectivity index (χ3n) is 4.81. The zero-order valence-electron chi connectivity index (χ0n) is 16.3. The summed E-state index contributed by atoms with van der Waals surface area (Å²) in [4.78, 5) is 0. The summed E-state index contributed by atoms with van der Waals surface area (Å²) in [6.07, 6.45) is 0.